The first-order chi connectivity index (χ1) is 14.3. The summed E-state index contributed by atoms with van der Waals surface area (Å²) in [4.78, 5) is 12.9. The Balaban J connectivity index is 1.76. The molecule has 1 aliphatic rings. The van der Waals surface area contributed by atoms with Crippen molar-refractivity contribution in [3.05, 3.63) is 47.5 Å². The highest BCUT2D eigenvalue weighted by Crippen LogP contribution is 2.33. The third kappa shape index (κ3) is 4.60. The molecule has 1 N–H and O–H groups in total. The minimum Gasteiger partial charge on any atom is -0.493 e. The Morgan fingerprint density at radius 1 is 1.03 bits per heavy atom. The molecule has 0 spiro atoms. The Kier molecular flexibility index (Phi) is 6.67. The van der Waals surface area contributed by atoms with Crippen LogP contribution in [0.3, 0.4) is 0 Å². The lowest BCUT2D eigenvalue weighted by Crippen LogP contribution is -2.37. The first kappa shape index (κ1) is 22.1. The zero-order chi connectivity index (χ0) is 21.9. The first-order valence-electron chi connectivity index (χ1n) is 9.90. The summed E-state index contributed by atoms with van der Waals surface area (Å²) in [5.74, 6) is 1.30. The van der Waals surface area contributed by atoms with Crippen LogP contribution in [0.5, 0.6) is 11.5 Å². The number of sulfonamides is 1. The Morgan fingerprint density at radius 2 is 1.60 bits per heavy atom. The predicted octanol–water partition coefficient (Wildman–Crippen LogP) is 3.69. The molecule has 1 saturated heterocycles. The van der Waals surface area contributed by atoms with Crippen molar-refractivity contribution in [2.24, 2.45) is 5.92 Å². The fourth-order valence-corrected chi connectivity index (χ4v) is 4.93. The van der Waals surface area contributed by atoms with Crippen molar-refractivity contribution in [3.8, 4) is 11.5 Å². The number of amides is 1. The van der Waals surface area contributed by atoms with Crippen molar-refractivity contribution in [1.29, 1.82) is 0 Å². The van der Waals surface area contributed by atoms with Crippen molar-refractivity contribution >= 4 is 21.6 Å². The van der Waals surface area contributed by atoms with E-state index in [-0.39, 0.29) is 10.8 Å². The van der Waals surface area contributed by atoms with Gasteiger partial charge in [-0.3, -0.25) is 4.79 Å². The van der Waals surface area contributed by atoms with E-state index in [0.717, 1.165) is 18.4 Å². The van der Waals surface area contributed by atoms with Gasteiger partial charge in [-0.15, -0.1) is 0 Å². The van der Waals surface area contributed by atoms with Crippen LogP contribution in [0.2, 0.25) is 0 Å². The Bertz CT molecular complexity index is 1010. The van der Waals surface area contributed by atoms with Crippen molar-refractivity contribution in [1.82, 2.24) is 4.31 Å². The standard InChI is InChI=1S/C22H28N2O5S/c1-15-9-11-24(12-10-15)30(26,27)18-7-5-17(6-8-18)22(25)23-19-14-21(29-4)20(28-3)13-16(19)2/h5-8,13-15H,9-12H2,1-4H3,(H,23,25). The Morgan fingerprint density at radius 3 is 2.17 bits per heavy atom. The van der Waals surface area contributed by atoms with E-state index in [0.29, 0.717) is 41.8 Å². The van der Waals surface area contributed by atoms with Gasteiger partial charge >= 0.3 is 0 Å². The number of carbonyl (C=O) groups is 1. The van der Waals surface area contributed by atoms with Gasteiger partial charge in [-0.05, 0) is 61.6 Å². The second-order valence-electron chi connectivity index (χ2n) is 7.59. The normalized spacial score (nSPS) is 15.6. The van der Waals surface area contributed by atoms with Crippen LogP contribution < -0.4 is 14.8 Å². The van der Waals surface area contributed by atoms with E-state index in [9.17, 15) is 13.2 Å². The molecular formula is C22H28N2O5S. The second kappa shape index (κ2) is 9.06. The number of carbonyl (C=O) groups excluding carboxylic acids is 1. The second-order valence-corrected chi connectivity index (χ2v) is 9.53. The van der Waals surface area contributed by atoms with Gasteiger partial charge in [-0.25, -0.2) is 8.42 Å². The Hall–Kier alpha value is -2.58. The molecule has 0 saturated carbocycles. The lowest BCUT2D eigenvalue weighted by atomic mass is 10.0. The van der Waals surface area contributed by atoms with E-state index < -0.39 is 10.0 Å². The molecule has 0 aliphatic carbocycles. The van der Waals surface area contributed by atoms with Crippen molar-refractivity contribution in [2.45, 2.75) is 31.6 Å². The molecule has 1 aliphatic heterocycles. The predicted molar refractivity (Wildman–Crippen MR) is 116 cm³/mol. The quantitative estimate of drug-likeness (QED) is 0.753. The summed E-state index contributed by atoms with van der Waals surface area (Å²) in [6.45, 7) is 5.05. The van der Waals surface area contributed by atoms with Gasteiger partial charge in [0.15, 0.2) is 11.5 Å². The number of hydrogen-bond donors (Lipinski definition) is 1. The van der Waals surface area contributed by atoms with Gasteiger partial charge in [0.25, 0.3) is 5.91 Å². The highest BCUT2D eigenvalue weighted by Gasteiger charge is 2.28. The molecule has 1 amide bonds. The smallest absolute Gasteiger partial charge is 0.255 e. The fourth-order valence-electron chi connectivity index (χ4n) is 3.46. The monoisotopic (exact) mass is 432 g/mol. The van der Waals surface area contributed by atoms with Gasteiger partial charge in [0.1, 0.15) is 0 Å². The fraction of sp³-hybridized carbons (Fsp3) is 0.409. The van der Waals surface area contributed by atoms with E-state index in [1.165, 1.54) is 35.7 Å². The third-order valence-electron chi connectivity index (χ3n) is 5.48. The lowest BCUT2D eigenvalue weighted by molar-refractivity contribution is 0.102. The molecule has 0 unspecified atom stereocenters. The molecule has 0 aromatic heterocycles. The van der Waals surface area contributed by atoms with Crippen LogP contribution in [0.15, 0.2) is 41.3 Å². The topological polar surface area (TPSA) is 84.9 Å². The summed E-state index contributed by atoms with van der Waals surface area (Å²) in [5, 5.41) is 2.84. The average molecular weight is 433 g/mol. The molecule has 162 valence electrons. The number of piperidine rings is 1. The zero-order valence-corrected chi connectivity index (χ0v) is 18.6. The molecular weight excluding hydrogens is 404 g/mol. The van der Waals surface area contributed by atoms with Gasteiger partial charge in [0.2, 0.25) is 10.0 Å². The molecule has 0 bridgehead atoms. The van der Waals surface area contributed by atoms with Gasteiger partial charge in [0, 0.05) is 30.4 Å². The van der Waals surface area contributed by atoms with Crippen LogP contribution in [-0.2, 0) is 10.0 Å². The summed E-state index contributed by atoms with van der Waals surface area (Å²) in [6, 6.07) is 9.52. The summed E-state index contributed by atoms with van der Waals surface area (Å²) < 4.78 is 37.8. The molecule has 30 heavy (non-hydrogen) atoms. The van der Waals surface area contributed by atoms with E-state index in [2.05, 4.69) is 12.2 Å². The largest absolute Gasteiger partial charge is 0.493 e. The van der Waals surface area contributed by atoms with Crippen LogP contribution in [0.1, 0.15) is 35.7 Å². The summed E-state index contributed by atoms with van der Waals surface area (Å²) in [5.41, 5.74) is 1.78. The van der Waals surface area contributed by atoms with Gasteiger partial charge in [-0.1, -0.05) is 6.92 Å². The molecule has 1 heterocycles. The number of nitrogens with zero attached hydrogens (tertiary/aromatic N) is 1. The average Bonchev–Trinajstić information content (AvgIpc) is 2.75. The van der Waals surface area contributed by atoms with Crippen LogP contribution in [-0.4, -0.2) is 45.9 Å². The number of ether oxygens (including phenoxy) is 2. The number of anilines is 1. The van der Waals surface area contributed by atoms with Crippen LogP contribution in [0, 0.1) is 12.8 Å². The molecule has 0 atom stereocenters. The molecule has 3 rings (SSSR count). The number of hydrogen-bond acceptors (Lipinski definition) is 5. The zero-order valence-electron chi connectivity index (χ0n) is 17.8. The molecule has 0 radical (unpaired) electrons. The molecule has 2 aromatic carbocycles. The van der Waals surface area contributed by atoms with E-state index in [4.69, 9.17) is 9.47 Å². The van der Waals surface area contributed by atoms with Crippen molar-refractivity contribution in [3.63, 3.8) is 0 Å². The SMILES string of the molecule is COc1cc(C)c(NC(=O)c2ccc(S(=O)(=O)N3CCC(C)CC3)cc2)cc1OC. The van der Waals surface area contributed by atoms with E-state index in [1.54, 1.807) is 19.2 Å². The van der Waals surface area contributed by atoms with Crippen LogP contribution in [0.25, 0.3) is 0 Å². The summed E-state index contributed by atoms with van der Waals surface area (Å²) in [7, 11) is -0.459. The first-order valence-corrected chi connectivity index (χ1v) is 11.3. The molecule has 1 fully saturated rings. The molecule has 7 nitrogen and oxygen atoms in total. The van der Waals surface area contributed by atoms with Crippen LogP contribution >= 0.6 is 0 Å². The number of nitrogens with one attached hydrogen (secondary N) is 1. The number of methoxy groups -OCH3 is 2. The minimum absolute atomic E-state index is 0.205. The third-order valence-corrected chi connectivity index (χ3v) is 7.39. The van der Waals surface area contributed by atoms with Crippen molar-refractivity contribution < 1.29 is 22.7 Å². The molecule has 2 aromatic rings. The maximum atomic E-state index is 12.8. The Labute approximate surface area is 178 Å². The maximum Gasteiger partial charge on any atom is 0.255 e. The molecule has 8 heteroatoms. The lowest BCUT2D eigenvalue weighted by Gasteiger charge is -2.29. The summed E-state index contributed by atoms with van der Waals surface area (Å²) >= 11 is 0. The van der Waals surface area contributed by atoms with Gasteiger partial charge in [0.05, 0.1) is 19.1 Å². The van der Waals surface area contributed by atoms with E-state index in [1.807, 2.05) is 6.92 Å². The number of benzene rings is 2. The minimum atomic E-state index is -3.54. The number of rotatable bonds is 6. The van der Waals surface area contributed by atoms with E-state index >= 15 is 0 Å². The maximum absolute atomic E-state index is 12.8. The highest BCUT2D eigenvalue weighted by molar-refractivity contribution is 7.89. The van der Waals surface area contributed by atoms with Gasteiger partial charge in [-0.2, -0.15) is 4.31 Å². The van der Waals surface area contributed by atoms with Crippen LogP contribution in [0.4, 0.5) is 5.69 Å². The van der Waals surface area contributed by atoms with Crippen molar-refractivity contribution in [2.75, 3.05) is 32.6 Å². The summed E-state index contributed by atoms with van der Waals surface area (Å²) in [6.07, 6.45) is 1.73. The number of aryl methyl sites for hydroxylation is 1. The van der Waals surface area contributed by atoms with Gasteiger partial charge < -0.3 is 14.8 Å². The highest BCUT2D eigenvalue weighted by atomic mass is 32.2.